The summed E-state index contributed by atoms with van der Waals surface area (Å²) in [6.45, 7) is 6.88. The van der Waals surface area contributed by atoms with Crippen LogP contribution in [0.3, 0.4) is 0 Å². The summed E-state index contributed by atoms with van der Waals surface area (Å²) in [5.74, 6) is 0.887. The van der Waals surface area contributed by atoms with E-state index in [0.717, 1.165) is 11.1 Å². The van der Waals surface area contributed by atoms with Gasteiger partial charge in [0.25, 0.3) is 5.91 Å². The monoisotopic (exact) mass is 446 g/mol. The fraction of sp³-hybridized carbons (Fsp3) is 0.435. The normalized spacial score (nSPS) is 15.5. The van der Waals surface area contributed by atoms with Crippen LogP contribution in [-0.2, 0) is 14.8 Å². The third-order valence-electron chi connectivity index (χ3n) is 5.44. The van der Waals surface area contributed by atoms with Crippen molar-refractivity contribution in [1.82, 2.24) is 9.62 Å². The molecule has 0 unspecified atom stereocenters. The third-order valence-corrected chi connectivity index (χ3v) is 7.34. The number of ether oxygens (including phenoxy) is 2. The minimum Gasteiger partial charge on any atom is -0.490 e. The second-order valence-electron chi connectivity index (χ2n) is 7.66. The Morgan fingerprint density at radius 3 is 2.29 bits per heavy atom. The van der Waals surface area contributed by atoms with Crippen molar-refractivity contribution in [3.63, 3.8) is 0 Å². The van der Waals surface area contributed by atoms with Gasteiger partial charge in [-0.1, -0.05) is 18.2 Å². The molecular formula is C23H30N2O5S. The van der Waals surface area contributed by atoms with Gasteiger partial charge >= 0.3 is 0 Å². The zero-order valence-electron chi connectivity index (χ0n) is 18.3. The van der Waals surface area contributed by atoms with E-state index < -0.39 is 10.0 Å². The Labute approximate surface area is 184 Å². The molecule has 1 aliphatic heterocycles. The van der Waals surface area contributed by atoms with Gasteiger partial charge in [-0.2, -0.15) is 4.31 Å². The summed E-state index contributed by atoms with van der Waals surface area (Å²) in [5.41, 5.74) is 2.01. The number of benzene rings is 2. The molecule has 31 heavy (non-hydrogen) atoms. The summed E-state index contributed by atoms with van der Waals surface area (Å²) in [4.78, 5) is 12.6. The van der Waals surface area contributed by atoms with Crippen LogP contribution in [0.25, 0.3) is 0 Å². The molecular weight excluding hydrogens is 416 g/mol. The fourth-order valence-corrected chi connectivity index (χ4v) is 5.08. The molecule has 1 fully saturated rings. The summed E-state index contributed by atoms with van der Waals surface area (Å²) in [6, 6.07) is 12.3. The minimum atomic E-state index is -3.53. The second-order valence-corrected chi connectivity index (χ2v) is 9.60. The highest BCUT2D eigenvalue weighted by atomic mass is 32.2. The summed E-state index contributed by atoms with van der Waals surface area (Å²) >= 11 is 0. The van der Waals surface area contributed by atoms with Gasteiger partial charge < -0.3 is 14.8 Å². The van der Waals surface area contributed by atoms with E-state index in [2.05, 4.69) is 5.32 Å². The number of carbonyl (C=O) groups is 1. The lowest BCUT2D eigenvalue weighted by Crippen LogP contribution is -2.47. The molecule has 1 amide bonds. The predicted octanol–water partition coefficient (Wildman–Crippen LogP) is 3.05. The van der Waals surface area contributed by atoms with Gasteiger partial charge in [0.1, 0.15) is 0 Å². The quantitative estimate of drug-likeness (QED) is 0.674. The van der Waals surface area contributed by atoms with Crippen LogP contribution >= 0.6 is 0 Å². The Morgan fingerprint density at radius 2 is 1.68 bits per heavy atom. The largest absolute Gasteiger partial charge is 0.490 e. The van der Waals surface area contributed by atoms with Crippen molar-refractivity contribution in [2.75, 3.05) is 26.3 Å². The minimum absolute atomic E-state index is 0.0792. The zero-order valence-corrected chi connectivity index (χ0v) is 19.1. The van der Waals surface area contributed by atoms with Gasteiger partial charge in [0, 0.05) is 19.1 Å². The summed E-state index contributed by atoms with van der Waals surface area (Å²) < 4.78 is 38.5. The number of sulfonamides is 1. The van der Waals surface area contributed by atoms with Crippen LogP contribution in [0.15, 0.2) is 47.4 Å². The topological polar surface area (TPSA) is 84.9 Å². The first-order chi connectivity index (χ1) is 14.8. The van der Waals surface area contributed by atoms with E-state index in [0.29, 0.717) is 48.9 Å². The van der Waals surface area contributed by atoms with Gasteiger partial charge in [0.2, 0.25) is 10.0 Å². The molecule has 0 spiro atoms. The first-order valence-electron chi connectivity index (χ1n) is 10.5. The molecule has 0 radical (unpaired) electrons. The molecule has 3 rings (SSSR count). The van der Waals surface area contributed by atoms with Crippen LogP contribution in [0, 0.1) is 13.8 Å². The van der Waals surface area contributed by atoms with E-state index in [1.54, 1.807) is 24.3 Å². The Bertz CT molecular complexity index is 1010. The highest BCUT2D eigenvalue weighted by Crippen LogP contribution is 2.26. The van der Waals surface area contributed by atoms with Crippen LogP contribution < -0.4 is 14.8 Å². The molecule has 1 aliphatic rings. The number of piperidine rings is 1. The Morgan fingerprint density at radius 1 is 1.03 bits per heavy atom. The molecule has 0 bridgehead atoms. The summed E-state index contributed by atoms with van der Waals surface area (Å²) in [6.07, 6.45) is 1.12. The van der Waals surface area contributed by atoms with Gasteiger partial charge in [-0.3, -0.25) is 4.79 Å². The first kappa shape index (κ1) is 23.1. The Kier molecular flexibility index (Phi) is 7.56. The van der Waals surface area contributed by atoms with Crippen molar-refractivity contribution in [3.8, 4) is 11.5 Å². The van der Waals surface area contributed by atoms with Gasteiger partial charge in [-0.05, 0) is 69.0 Å². The molecule has 1 saturated heterocycles. The predicted molar refractivity (Wildman–Crippen MR) is 119 cm³/mol. The maximum Gasteiger partial charge on any atom is 0.258 e. The van der Waals surface area contributed by atoms with E-state index in [9.17, 15) is 13.2 Å². The average Bonchev–Trinajstić information content (AvgIpc) is 2.75. The van der Waals surface area contributed by atoms with Crippen molar-refractivity contribution in [2.45, 2.75) is 44.6 Å². The molecule has 0 aromatic heterocycles. The molecule has 8 heteroatoms. The van der Waals surface area contributed by atoms with Crippen molar-refractivity contribution in [3.05, 3.63) is 53.6 Å². The fourth-order valence-electron chi connectivity index (χ4n) is 3.52. The van der Waals surface area contributed by atoms with Crippen molar-refractivity contribution in [2.24, 2.45) is 0 Å². The number of rotatable bonds is 8. The number of hydrogen-bond acceptors (Lipinski definition) is 5. The summed E-state index contributed by atoms with van der Waals surface area (Å²) in [7, 11) is -3.53. The molecule has 2 aromatic rings. The number of nitrogens with zero attached hydrogens (tertiary/aromatic N) is 1. The number of nitrogens with one attached hydrogen (secondary N) is 1. The number of hydrogen-bond donors (Lipinski definition) is 1. The van der Waals surface area contributed by atoms with Crippen LogP contribution in [0.5, 0.6) is 11.5 Å². The Balaban J connectivity index is 1.51. The molecule has 0 aliphatic carbocycles. The number of amides is 1. The second kappa shape index (κ2) is 10.2. The number of aryl methyl sites for hydroxylation is 2. The highest BCUT2D eigenvalue weighted by molar-refractivity contribution is 7.89. The van der Waals surface area contributed by atoms with Gasteiger partial charge in [0.05, 0.1) is 11.5 Å². The number of carbonyl (C=O) groups excluding carboxylic acids is 1. The zero-order chi connectivity index (χ0) is 22.4. The SMILES string of the molecule is CCOc1ccccc1OCC(=O)NC1CCN(S(=O)(=O)c2ccc(C)c(C)c2)CC1. The molecule has 7 nitrogen and oxygen atoms in total. The number of para-hydroxylation sites is 2. The van der Waals surface area contributed by atoms with E-state index >= 15 is 0 Å². The van der Waals surface area contributed by atoms with E-state index in [1.807, 2.05) is 39.0 Å². The van der Waals surface area contributed by atoms with Crippen molar-refractivity contribution in [1.29, 1.82) is 0 Å². The molecule has 1 N–H and O–H groups in total. The van der Waals surface area contributed by atoms with Crippen LogP contribution in [0.4, 0.5) is 0 Å². The highest BCUT2D eigenvalue weighted by Gasteiger charge is 2.30. The molecule has 168 valence electrons. The maximum atomic E-state index is 12.9. The van der Waals surface area contributed by atoms with Crippen LogP contribution in [-0.4, -0.2) is 51.0 Å². The summed E-state index contributed by atoms with van der Waals surface area (Å²) in [5, 5.41) is 2.94. The van der Waals surface area contributed by atoms with Crippen molar-refractivity contribution >= 4 is 15.9 Å². The molecule has 0 atom stereocenters. The van der Waals surface area contributed by atoms with E-state index in [1.165, 1.54) is 4.31 Å². The van der Waals surface area contributed by atoms with Crippen LogP contribution in [0.2, 0.25) is 0 Å². The lowest BCUT2D eigenvalue weighted by atomic mass is 10.1. The van der Waals surface area contributed by atoms with E-state index in [-0.39, 0.29) is 18.6 Å². The maximum absolute atomic E-state index is 12.9. The van der Waals surface area contributed by atoms with Crippen LogP contribution in [0.1, 0.15) is 30.9 Å². The third kappa shape index (κ3) is 5.77. The van der Waals surface area contributed by atoms with Crippen molar-refractivity contribution < 1.29 is 22.7 Å². The van der Waals surface area contributed by atoms with E-state index in [4.69, 9.17) is 9.47 Å². The average molecular weight is 447 g/mol. The van der Waals surface area contributed by atoms with Gasteiger partial charge in [-0.25, -0.2) is 8.42 Å². The van der Waals surface area contributed by atoms with Gasteiger partial charge in [0.15, 0.2) is 18.1 Å². The lowest BCUT2D eigenvalue weighted by molar-refractivity contribution is -0.124. The molecule has 1 heterocycles. The first-order valence-corrected chi connectivity index (χ1v) is 12.0. The molecule has 0 saturated carbocycles. The standard InChI is InChI=1S/C23H30N2O5S/c1-4-29-21-7-5-6-8-22(21)30-16-23(26)24-19-11-13-25(14-12-19)31(27,28)20-10-9-17(2)18(3)15-20/h5-10,15,19H,4,11-14,16H2,1-3H3,(H,24,26). The lowest BCUT2D eigenvalue weighted by Gasteiger charge is -2.31. The smallest absolute Gasteiger partial charge is 0.258 e. The molecule has 2 aromatic carbocycles. The Hall–Kier alpha value is -2.58. The van der Waals surface area contributed by atoms with Gasteiger partial charge in [-0.15, -0.1) is 0 Å².